The maximum atomic E-state index is 13.7. The van der Waals surface area contributed by atoms with Crippen LogP contribution in [0.2, 0.25) is 0 Å². The Bertz CT molecular complexity index is 605. The number of amides is 1. The number of esters is 1. The number of hydrogen-bond donors (Lipinski definition) is 2. The van der Waals surface area contributed by atoms with Crippen LogP contribution in [0, 0.1) is 12.8 Å². The molecule has 0 saturated heterocycles. The standard InChI is InChI=1S/C15H20F3N3O3/c1-9(2)8-11(22)20-14(13(23)24-4,15(16,17)18)21-12-10(3)6-5-7-19-12/h5-7,9H,8H2,1-4H3,(H,19,21)(H,20,22)/p+1/t14-/m0/s1. The number of rotatable bonds is 6. The van der Waals surface area contributed by atoms with E-state index in [0.29, 0.717) is 5.56 Å². The summed E-state index contributed by atoms with van der Waals surface area (Å²) in [7, 11) is 0.820. The van der Waals surface area contributed by atoms with E-state index in [1.807, 2.05) is 0 Å². The van der Waals surface area contributed by atoms with E-state index in [1.54, 1.807) is 38.2 Å². The summed E-state index contributed by atoms with van der Waals surface area (Å²) in [5.41, 5.74) is -2.97. The van der Waals surface area contributed by atoms with E-state index in [-0.39, 0.29) is 18.2 Å². The van der Waals surface area contributed by atoms with Gasteiger partial charge in [0, 0.05) is 12.0 Å². The number of H-pyrrole nitrogens is 1. The monoisotopic (exact) mass is 348 g/mol. The number of carbonyl (C=O) groups is 2. The minimum atomic E-state index is -5.14. The second kappa shape index (κ2) is 7.50. The van der Waals surface area contributed by atoms with Crippen molar-refractivity contribution in [2.24, 2.45) is 5.92 Å². The predicted octanol–water partition coefficient (Wildman–Crippen LogP) is 1.81. The molecule has 1 amide bonds. The third-order valence-electron chi connectivity index (χ3n) is 3.21. The van der Waals surface area contributed by atoms with E-state index in [2.05, 4.69) is 15.0 Å². The molecule has 0 aliphatic carbocycles. The molecule has 24 heavy (non-hydrogen) atoms. The molecular weight excluding hydrogens is 327 g/mol. The molecule has 0 bridgehead atoms. The number of halogens is 3. The van der Waals surface area contributed by atoms with Gasteiger partial charge in [-0.3, -0.25) is 10.1 Å². The molecule has 0 fully saturated rings. The number of ether oxygens (including phenoxy) is 1. The van der Waals surface area contributed by atoms with Gasteiger partial charge in [-0.05, 0) is 25.0 Å². The van der Waals surface area contributed by atoms with Gasteiger partial charge in [-0.15, -0.1) is 0 Å². The van der Waals surface area contributed by atoms with Gasteiger partial charge in [-0.1, -0.05) is 13.8 Å². The van der Waals surface area contributed by atoms with Gasteiger partial charge in [0.25, 0.3) is 5.82 Å². The van der Waals surface area contributed by atoms with Gasteiger partial charge in [0.05, 0.1) is 13.3 Å². The van der Waals surface area contributed by atoms with Crippen molar-refractivity contribution in [1.82, 2.24) is 5.32 Å². The lowest BCUT2D eigenvalue weighted by atomic mass is 10.1. The Balaban J connectivity index is 3.34. The minimum absolute atomic E-state index is 0.0647. The number of nitrogens with one attached hydrogen (secondary N) is 3. The largest absolute Gasteiger partial charge is 0.464 e. The van der Waals surface area contributed by atoms with Crippen molar-refractivity contribution in [3.05, 3.63) is 23.9 Å². The Morgan fingerprint density at radius 2 is 1.96 bits per heavy atom. The van der Waals surface area contributed by atoms with Crippen molar-refractivity contribution >= 4 is 17.7 Å². The molecule has 1 atom stereocenters. The van der Waals surface area contributed by atoms with Crippen molar-refractivity contribution in [3.63, 3.8) is 0 Å². The van der Waals surface area contributed by atoms with Crippen LogP contribution in [0.15, 0.2) is 18.3 Å². The summed E-state index contributed by atoms with van der Waals surface area (Å²) in [5.74, 6) is -2.83. The van der Waals surface area contributed by atoms with E-state index in [1.165, 1.54) is 6.20 Å². The number of anilines is 1. The van der Waals surface area contributed by atoms with Crippen LogP contribution in [0.3, 0.4) is 0 Å². The fourth-order valence-corrected chi connectivity index (χ4v) is 2.02. The van der Waals surface area contributed by atoms with Crippen LogP contribution in [0.1, 0.15) is 25.8 Å². The quantitative estimate of drug-likeness (QED) is 0.607. The van der Waals surface area contributed by atoms with Crippen LogP contribution >= 0.6 is 0 Å². The highest BCUT2D eigenvalue weighted by Crippen LogP contribution is 2.33. The molecular formula is C15H21F3N3O3+. The Labute approximate surface area is 137 Å². The fraction of sp³-hybridized carbons (Fsp3) is 0.533. The van der Waals surface area contributed by atoms with Crippen molar-refractivity contribution < 1.29 is 32.5 Å². The molecule has 6 nitrogen and oxygen atoms in total. The number of hydrogen-bond acceptors (Lipinski definition) is 4. The van der Waals surface area contributed by atoms with E-state index in [4.69, 9.17) is 0 Å². The van der Waals surface area contributed by atoms with Crippen molar-refractivity contribution in [3.8, 4) is 0 Å². The molecule has 0 unspecified atom stereocenters. The second-order valence-electron chi connectivity index (χ2n) is 5.74. The summed E-state index contributed by atoms with van der Waals surface area (Å²) in [6, 6.07) is 3.14. The average molecular weight is 348 g/mol. The Kier molecular flexibility index (Phi) is 6.16. The summed E-state index contributed by atoms with van der Waals surface area (Å²) in [4.78, 5) is 26.5. The number of aromatic amines is 1. The maximum absolute atomic E-state index is 13.7. The molecule has 134 valence electrons. The van der Waals surface area contributed by atoms with Gasteiger partial charge in [0.1, 0.15) is 0 Å². The Hall–Kier alpha value is -2.32. The average Bonchev–Trinajstić information content (AvgIpc) is 2.45. The summed E-state index contributed by atoms with van der Waals surface area (Å²) in [6.45, 7) is 4.90. The molecule has 1 aromatic heterocycles. The van der Waals surface area contributed by atoms with Gasteiger partial charge in [0.2, 0.25) is 5.91 Å². The number of alkyl halides is 3. The van der Waals surface area contributed by atoms with Crippen LogP contribution in [-0.4, -0.2) is 30.8 Å². The summed E-state index contributed by atoms with van der Waals surface area (Å²) in [6.07, 6.45) is -3.92. The van der Waals surface area contributed by atoms with Crippen molar-refractivity contribution in [2.45, 2.75) is 39.0 Å². The van der Waals surface area contributed by atoms with Crippen LogP contribution in [-0.2, 0) is 14.3 Å². The highest BCUT2D eigenvalue weighted by atomic mass is 19.4. The zero-order valence-corrected chi connectivity index (χ0v) is 13.9. The fourth-order valence-electron chi connectivity index (χ4n) is 2.02. The smallest absolute Gasteiger partial charge is 0.464 e. The molecule has 0 aliphatic heterocycles. The first-order valence-corrected chi connectivity index (χ1v) is 7.25. The van der Waals surface area contributed by atoms with E-state index >= 15 is 0 Å². The van der Waals surface area contributed by atoms with E-state index in [0.717, 1.165) is 7.11 Å². The first-order valence-electron chi connectivity index (χ1n) is 7.25. The van der Waals surface area contributed by atoms with Crippen LogP contribution in [0.25, 0.3) is 0 Å². The van der Waals surface area contributed by atoms with Crippen molar-refractivity contribution in [1.29, 1.82) is 0 Å². The molecule has 0 spiro atoms. The lowest BCUT2D eigenvalue weighted by Gasteiger charge is -2.30. The van der Waals surface area contributed by atoms with Crippen LogP contribution < -0.4 is 15.6 Å². The number of aryl methyl sites for hydroxylation is 1. The lowest BCUT2D eigenvalue weighted by Crippen LogP contribution is -2.69. The lowest BCUT2D eigenvalue weighted by molar-refractivity contribution is -0.363. The summed E-state index contributed by atoms with van der Waals surface area (Å²) >= 11 is 0. The number of pyridine rings is 1. The van der Waals surface area contributed by atoms with Gasteiger partial charge >= 0.3 is 17.8 Å². The summed E-state index contributed by atoms with van der Waals surface area (Å²) in [5, 5.41) is 3.83. The third kappa shape index (κ3) is 4.36. The molecule has 0 saturated carbocycles. The van der Waals surface area contributed by atoms with E-state index in [9.17, 15) is 22.8 Å². The van der Waals surface area contributed by atoms with Gasteiger partial charge in [-0.2, -0.15) is 13.2 Å². The normalized spacial score (nSPS) is 14.0. The Morgan fingerprint density at radius 1 is 1.33 bits per heavy atom. The molecule has 0 aromatic carbocycles. The SMILES string of the molecule is COC(=O)[C@](NC(=O)CC(C)C)(Nc1[nH+]cccc1C)C(F)(F)F. The minimum Gasteiger partial charge on any atom is -0.464 e. The van der Waals surface area contributed by atoms with Gasteiger partial charge in [-0.25, -0.2) is 15.1 Å². The second-order valence-corrected chi connectivity index (χ2v) is 5.74. The zero-order chi connectivity index (χ0) is 18.5. The molecule has 1 rings (SSSR count). The molecule has 1 heterocycles. The molecule has 3 N–H and O–H groups in total. The van der Waals surface area contributed by atoms with Crippen LogP contribution in [0.5, 0.6) is 0 Å². The highest BCUT2D eigenvalue weighted by molar-refractivity contribution is 5.91. The number of carbonyl (C=O) groups excluding carboxylic acids is 2. The molecule has 1 aromatic rings. The van der Waals surface area contributed by atoms with Crippen LogP contribution in [0.4, 0.5) is 19.0 Å². The molecule has 0 radical (unpaired) electrons. The molecule has 0 aliphatic rings. The molecule has 9 heteroatoms. The van der Waals surface area contributed by atoms with E-state index < -0.39 is 23.7 Å². The van der Waals surface area contributed by atoms with Gasteiger partial charge < -0.3 is 4.74 Å². The predicted molar refractivity (Wildman–Crippen MR) is 79.8 cm³/mol. The van der Waals surface area contributed by atoms with Crippen molar-refractivity contribution in [2.75, 3.05) is 12.4 Å². The first kappa shape index (κ1) is 19.7. The Morgan fingerprint density at radius 3 is 2.42 bits per heavy atom. The third-order valence-corrected chi connectivity index (χ3v) is 3.21. The maximum Gasteiger partial charge on any atom is 0.464 e. The number of methoxy groups -OCH3 is 1. The first-order chi connectivity index (χ1) is 11.0. The summed E-state index contributed by atoms with van der Waals surface area (Å²) < 4.78 is 45.5. The zero-order valence-electron chi connectivity index (χ0n) is 13.9. The number of aromatic nitrogens is 1. The topological polar surface area (TPSA) is 81.6 Å². The highest BCUT2D eigenvalue weighted by Gasteiger charge is 2.67. The van der Waals surface area contributed by atoms with Gasteiger partial charge in [0.15, 0.2) is 0 Å².